The number of rotatable bonds is 7. The van der Waals surface area contributed by atoms with Gasteiger partial charge in [-0.2, -0.15) is 0 Å². The number of ether oxygens (including phenoxy) is 1. The number of nitrogens with zero attached hydrogens (tertiary/aromatic N) is 2. The van der Waals surface area contributed by atoms with Crippen molar-refractivity contribution >= 4 is 34.8 Å². The van der Waals surface area contributed by atoms with E-state index in [0.717, 1.165) is 18.8 Å². The van der Waals surface area contributed by atoms with Gasteiger partial charge in [0, 0.05) is 43.9 Å². The molecule has 1 saturated heterocycles. The van der Waals surface area contributed by atoms with Crippen molar-refractivity contribution in [1.29, 1.82) is 0 Å². The van der Waals surface area contributed by atoms with Gasteiger partial charge >= 0.3 is 0 Å². The molecule has 0 unspecified atom stereocenters. The van der Waals surface area contributed by atoms with Crippen LogP contribution in [-0.4, -0.2) is 49.5 Å². The lowest BCUT2D eigenvalue weighted by Crippen LogP contribution is -2.49. The molecule has 31 heavy (non-hydrogen) atoms. The lowest BCUT2D eigenvalue weighted by molar-refractivity contribution is -0.132. The Morgan fingerprint density at radius 2 is 1.84 bits per heavy atom. The number of amides is 2. The van der Waals surface area contributed by atoms with Crippen LogP contribution in [0, 0.1) is 5.92 Å². The van der Waals surface area contributed by atoms with E-state index in [9.17, 15) is 9.59 Å². The Labute approximate surface area is 189 Å². The lowest BCUT2D eigenvalue weighted by Gasteiger charge is -2.36. The maximum atomic E-state index is 12.6. The number of halogens is 1. The average Bonchev–Trinajstić information content (AvgIpc) is 2.74. The molecule has 166 valence electrons. The highest BCUT2D eigenvalue weighted by Gasteiger charge is 2.23. The lowest BCUT2D eigenvalue weighted by atomic mass is 10.1. The molecule has 0 atom stereocenters. The summed E-state index contributed by atoms with van der Waals surface area (Å²) in [6.45, 7) is 9.42. The topological polar surface area (TPSA) is 61.9 Å². The smallest absolute Gasteiger partial charge is 0.255 e. The molecule has 0 bridgehead atoms. The minimum atomic E-state index is -0.220. The van der Waals surface area contributed by atoms with E-state index >= 15 is 0 Å². The summed E-state index contributed by atoms with van der Waals surface area (Å²) >= 11 is 6.53. The zero-order valence-corrected chi connectivity index (χ0v) is 19.1. The Morgan fingerprint density at radius 3 is 2.48 bits per heavy atom. The van der Waals surface area contributed by atoms with E-state index in [4.69, 9.17) is 16.3 Å². The first-order valence-electron chi connectivity index (χ1n) is 10.7. The van der Waals surface area contributed by atoms with Gasteiger partial charge in [-0.3, -0.25) is 9.59 Å². The van der Waals surface area contributed by atoms with Crippen molar-refractivity contribution in [3.05, 3.63) is 53.1 Å². The molecule has 6 nitrogen and oxygen atoms in total. The third kappa shape index (κ3) is 6.14. The van der Waals surface area contributed by atoms with E-state index in [1.165, 1.54) is 0 Å². The molecule has 2 aromatic rings. The number of piperazine rings is 1. The molecule has 0 aliphatic carbocycles. The molecule has 0 aromatic heterocycles. The molecule has 7 heteroatoms. The summed E-state index contributed by atoms with van der Waals surface area (Å²) in [5, 5.41) is 3.46. The molecule has 1 aliphatic heterocycles. The van der Waals surface area contributed by atoms with E-state index in [-0.39, 0.29) is 11.8 Å². The number of benzene rings is 2. The molecule has 1 fully saturated rings. The van der Waals surface area contributed by atoms with Crippen LogP contribution in [-0.2, 0) is 4.79 Å². The highest BCUT2D eigenvalue weighted by molar-refractivity contribution is 6.33. The maximum absolute atomic E-state index is 12.6. The first kappa shape index (κ1) is 22.9. The van der Waals surface area contributed by atoms with Crippen molar-refractivity contribution < 1.29 is 14.3 Å². The first-order valence-corrected chi connectivity index (χ1v) is 11.1. The summed E-state index contributed by atoms with van der Waals surface area (Å²) < 4.78 is 5.46. The van der Waals surface area contributed by atoms with Crippen molar-refractivity contribution in [3.8, 4) is 5.75 Å². The Balaban J connectivity index is 1.61. The van der Waals surface area contributed by atoms with Crippen molar-refractivity contribution in [2.45, 2.75) is 27.2 Å². The van der Waals surface area contributed by atoms with Gasteiger partial charge in [-0.05, 0) is 49.2 Å². The Hall–Kier alpha value is -2.73. The van der Waals surface area contributed by atoms with Crippen LogP contribution in [0.15, 0.2) is 42.5 Å². The molecule has 1 N–H and O–H groups in total. The van der Waals surface area contributed by atoms with Gasteiger partial charge in [0.05, 0.1) is 17.3 Å². The summed E-state index contributed by atoms with van der Waals surface area (Å²) in [5.74, 6) is 1.02. The molecular weight excluding hydrogens is 414 g/mol. The van der Waals surface area contributed by atoms with Gasteiger partial charge < -0.3 is 19.9 Å². The van der Waals surface area contributed by atoms with Crippen LogP contribution in [0.5, 0.6) is 5.75 Å². The monoisotopic (exact) mass is 443 g/mol. The highest BCUT2D eigenvalue weighted by Crippen LogP contribution is 2.30. The predicted molar refractivity (Wildman–Crippen MR) is 125 cm³/mol. The predicted octanol–water partition coefficient (Wildman–Crippen LogP) is 4.69. The van der Waals surface area contributed by atoms with E-state index in [2.05, 4.69) is 24.1 Å². The largest absolute Gasteiger partial charge is 0.494 e. The Bertz CT molecular complexity index is 924. The van der Waals surface area contributed by atoms with Crippen LogP contribution in [0.4, 0.5) is 11.4 Å². The molecule has 0 saturated carbocycles. The third-order valence-corrected chi connectivity index (χ3v) is 5.47. The number of carbonyl (C=O) groups excluding carboxylic acids is 2. The van der Waals surface area contributed by atoms with Crippen LogP contribution < -0.4 is 15.0 Å². The molecule has 2 aromatic carbocycles. The molecule has 1 aliphatic rings. The summed E-state index contributed by atoms with van der Waals surface area (Å²) in [4.78, 5) is 29.0. The van der Waals surface area contributed by atoms with Crippen LogP contribution in [0.3, 0.4) is 0 Å². The second-order valence-electron chi connectivity index (χ2n) is 8.05. The standard InChI is InChI=1S/C24H30ClN3O3/c1-4-31-20-7-5-6-18(15-20)24(30)26-19-8-9-22(21(25)16-19)27-10-12-28(13-11-27)23(29)14-17(2)3/h5-9,15-17H,4,10-14H2,1-3H3,(H,26,30). The first-order chi connectivity index (χ1) is 14.9. The summed E-state index contributed by atoms with van der Waals surface area (Å²) in [6, 6.07) is 12.6. The van der Waals surface area contributed by atoms with Gasteiger partial charge in [0.1, 0.15) is 5.75 Å². The number of hydrogen-bond donors (Lipinski definition) is 1. The van der Waals surface area contributed by atoms with E-state index in [1.807, 2.05) is 30.0 Å². The molecule has 3 rings (SSSR count). The summed E-state index contributed by atoms with van der Waals surface area (Å²) in [6.07, 6.45) is 0.586. The van der Waals surface area contributed by atoms with Crippen molar-refractivity contribution in [2.24, 2.45) is 5.92 Å². The molecule has 2 amide bonds. The van der Waals surface area contributed by atoms with Gasteiger partial charge in [-0.1, -0.05) is 31.5 Å². The molecule has 0 spiro atoms. The number of anilines is 2. The van der Waals surface area contributed by atoms with Crippen LogP contribution in [0.25, 0.3) is 0 Å². The SMILES string of the molecule is CCOc1cccc(C(=O)Nc2ccc(N3CCN(C(=O)CC(C)C)CC3)c(Cl)c2)c1. The number of carbonyl (C=O) groups is 2. The second kappa shape index (κ2) is 10.5. The minimum Gasteiger partial charge on any atom is -0.494 e. The van der Waals surface area contributed by atoms with E-state index in [0.29, 0.717) is 54.1 Å². The number of nitrogens with one attached hydrogen (secondary N) is 1. The molecule has 0 radical (unpaired) electrons. The van der Waals surface area contributed by atoms with Crippen molar-refractivity contribution in [2.75, 3.05) is 43.0 Å². The summed E-state index contributed by atoms with van der Waals surface area (Å²) in [7, 11) is 0. The quantitative estimate of drug-likeness (QED) is 0.674. The minimum absolute atomic E-state index is 0.215. The average molecular weight is 444 g/mol. The second-order valence-corrected chi connectivity index (χ2v) is 8.45. The van der Waals surface area contributed by atoms with Gasteiger partial charge in [-0.15, -0.1) is 0 Å². The van der Waals surface area contributed by atoms with Crippen molar-refractivity contribution in [3.63, 3.8) is 0 Å². The fourth-order valence-electron chi connectivity index (χ4n) is 3.61. The maximum Gasteiger partial charge on any atom is 0.255 e. The van der Waals surface area contributed by atoms with Crippen LogP contribution in [0.1, 0.15) is 37.6 Å². The van der Waals surface area contributed by atoms with E-state index < -0.39 is 0 Å². The third-order valence-electron chi connectivity index (χ3n) is 5.17. The van der Waals surface area contributed by atoms with Gasteiger partial charge in [0.25, 0.3) is 5.91 Å². The zero-order chi connectivity index (χ0) is 22.4. The van der Waals surface area contributed by atoms with Gasteiger partial charge in [0.15, 0.2) is 0 Å². The molecular formula is C24H30ClN3O3. The van der Waals surface area contributed by atoms with Gasteiger partial charge in [-0.25, -0.2) is 0 Å². The molecule has 1 heterocycles. The zero-order valence-electron chi connectivity index (χ0n) is 18.4. The fraction of sp³-hybridized carbons (Fsp3) is 0.417. The van der Waals surface area contributed by atoms with E-state index in [1.54, 1.807) is 24.3 Å². The van der Waals surface area contributed by atoms with Gasteiger partial charge in [0.2, 0.25) is 5.91 Å². The van der Waals surface area contributed by atoms with Crippen molar-refractivity contribution in [1.82, 2.24) is 4.90 Å². The fourth-order valence-corrected chi connectivity index (χ4v) is 3.91. The normalized spacial score (nSPS) is 14.0. The number of hydrogen-bond acceptors (Lipinski definition) is 4. The summed E-state index contributed by atoms with van der Waals surface area (Å²) in [5.41, 5.74) is 2.06. The Kier molecular flexibility index (Phi) is 7.80. The Morgan fingerprint density at radius 1 is 1.10 bits per heavy atom. The highest BCUT2D eigenvalue weighted by atomic mass is 35.5. The van der Waals surface area contributed by atoms with Crippen LogP contribution >= 0.6 is 11.6 Å². The van der Waals surface area contributed by atoms with Crippen LogP contribution in [0.2, 0.25) is 5.02 Å².